The van der Waals surface area contributed by atoms with Crippen molar-refractivity contribution in [3.63, 3.8) is 0 Å². The molecule has 0 spiro atoms. The fourth-order valence-electron chi connectivity index (χ4n) is 1.39. The Hall–Kier alpha value is -2.11. The van der Waals surface area contributed by atoms with E-state index in [2.05, 4.69) is 58.0 Å². The number of halogens is 1. The smallest absolute Gasteiger partial charge is 0.258 e. The highest BCUT2D eigenvalue weighted by Gasteiger charge is 2.10. The molecule has 0 unspecified atom stereocenters. The molecule has 19 heavy (non-hydrogen) atoms. The molecule has 0 atom stereocenters. The number of nitrogens with one attached hydrogen (secondary N) is 1. The van der Waals surface area contributed by atoms with E-state index in [0.717, 1.165) is 3.57 Å². The molecule has 0 aromatic carbocycles. The summed E-state index contributed by atoms with van der Waals surface area (Å²) < 4.78 is 4.02. The van der Waals surface area contributed by atoms with Crippen molar-refractivity contribution in [1.29, 1.82) is 0 Å². The van der Waals surface area contributed by atoms with E-state index >= 15 is 0 Å². The Morgan fingerprint density at radius 2 is 1.89 bits per heavy atom. The summed E-state index contributed by atoms with van der Waals surface area (Å²) in [6.07, 6.45) is 6.48. The molecular formula is C9H8IN9. The maximum atomic E-state index is 4.30. The lowest BCUT2D eigenvalue weighted by Crippen LogP contribution is -2.11. The summed E-state index contributed by atoms with van der Waals surface area (Å²) >= 11 is 2.17. The molecule has 3 rings (SSSR count). The van der Waals surface area contributed by atoms with Crippen LogP contribution in [0.3, 0.4) is 0 Å². The van der Waals surface area contributed by atoms with Gasteiger partial charge in [0.25, 0.3) is 11.9 Å². The molecule has 1 N–H and O–H groups in total. The predicted molar refractivity (Wildman–Crippen MR) is 74.1 cm³/mol. The summed E-state index contributed by atoms with van der Waals surface area (Å²) in [5.41, 5.74) is 0. The van der Waals surface area contributed by atoms with Crippen molar-refractivity contribution in [3.05, 3.63) is 28.6 Å². The first-order valence-electron chi connectivity index (χ1n) is 5.25. The first-order valence-corrected chi connectivity index (χ1v) is 6.33. The Kier molecular flexibility index (Phi) is 3.06. The SMILES string of the molecule is CNc1nc(-n2cncn2)nc(-n2cc(I)cn2)n1. The van der Waals surface area contributed by atoms with E-state index in [1.807, 2.05) is 6.20 Å². The second-order valence-electron chi connectivity index (χ2n) is 3.45. The number of rotatable bonds is 3. The molecule has 9 nitrogen and oxygen atoms in total. The van der Waals surface area contributed by atoms with E-state index < -0.39 is 0 Å². The Morgan fingerprint density at radius 1 is 1.11 bits per heavy atom. The standard InChI is InChI=1S/C9H8IN9/c1-11-7-15-8(18-3-6(10)2-13-18)17-9(16-7)19-5-12-4-14-19/h2-5H,1H3,(H,11,15,16,17). The lowest BCUT2D eigenvalue weighted by atomic mass is 10.7. The van der Waals surface area contributed by atoms with Gasteiger partial charge in [-0.05, 0) is 22.6 Å². The second kappa shape index (κ2) is 4.87. The zero-order valence-corrected chi connectivity index (χ0v) is 11.9. The summed E-state index contributed by atoms with van der Waals surface area (Å²) in [7, 11) is 1.73. The first-order chi connectivity index (χ1) is 9.26. The zero-order chi connectivity index (χ0) is 13.2. The quantitative estimate of drug-likeness (QED) is 0.663. The largest absolute Gasteiger partial charge is 0.357 e. The molecule has 10 heteroatoms. The maximum Gasteiger partial charge on any atom is 0.258 e. The van der Waals surface area contributed by atoms with Gasteiger partial charge in [-0.15, -0.1) is 0 Å². The number of anilines is 1. The van der Waals surface area contributed by atoms with E-state index in [1.54, 1.807) is 17.9 Å². The van der Waals surface area contributed by atoms with E-state index in [4.69, 9.17) is 0 Å². The Balaban J connectivity index is 2.12. The molecule has 0 aliphatic rings. The van der Waals surface area contributed by atoms with Crippen LogP contribution in [0.25, 0.3) is 11.9 Å². The van der Waals surface area contributed by atoms with Crippen LogP contribution in [-0.4, -0.2) is 46.5 Å². The minimum atomic E-state index is 0.373. The maximum absolute atomic E-state index is 4.30. The van der Waals surface area contributed by atoms with Gasteiger partial charge in [0.15, 0.2) is 0 Å². The number of nitrogens with zero attached hydrogens (tertiary/aromatic N) is 8. The molecule has 0 saturated heterocycles. The Labute approximate surface area is 121 Å². The number of hydrogen-bond donors (Lipinski definition) is 1. The lowest BCUT2D eigenvalue weighted by molar-refractivity contribution is 0.746. The number of hydrogen-bond acceptors (Lipinski definition) is 7. The molecule has 3 heterocycles. The van der Waals surface area contributed by atoms with Crippen LogP contribution >= 0.6 is 22.6 Å². The molecular weight excluding hydrogens is 361 g/mol. The van der Waals surface area contributed by atoms with Gasteiger partial charge in [-0.25, -0.2) is 9.67 Å². The molecule has 96 valence electrons. The zero-order valence-electron chi connectivity index (χ0n) is 9.77. The highest BCUT2D eigenvalue weighted by atomic mass is 127. The van der Waals surface area contributed by atoms with Gasteiger partial charge < -0.3 is 5.32 Å². The molecule has 0 fully saturated rings. The van der Waals surface area contributed by atoms with Crippen LogP contribution in [0.5, 0.6) is 0 Å². The van der Waals surface area contributed by atoms with Crippen molar-refractivity contribution in [1.82, 2.24) is 39.5 Å². The molecule has 3 aromatic heterocycles. The third-order valence-electron chi connectivity index (χ3n) is 2.22. The van der Waals surface area contributed by atoms with Crippen molar-refractivity contribution < 1.29 is 0 Å². The molecule has 0 aliphatic heterocycles. The Bertz CT molecular complexity index is 690. The van der Waals surface area contributed by atoms with Gasteiger partial charge in [-0.2, -0.15) is 29.8 Å². The fraction of sp³-hybridized carbons (Fsp3) is 0.111. The topological polar surface area (TPSA) is 99.2 Å². The van der Waals surface area contributed by atoms with Gasteiger partial charge in [-0.3, -0.25) is 0 Å². The third kappa shape index (κ3) is 2.38. The summed E-state index contributed by atoms with van der Waals surface area (Å²) in [4.78, 5) is 16.6. The monoisotopic (exact) mass is 369 g/mol. The van der Waals surface area contributed by atoms with Crippen LogP contribution < -0.4 is 5.32 Å². The van der Waals surface area contributed by atoms with Crippen LogP contribution in [0.15, 0.2) is 25.0 Å². The molecule has 3 aromatic rings. The predicted octanol–water partition coefficient (Wildman–Crippen LogP) is 0.284. The molecule has 0 aliphatic carbocycles. The molecule has 0 bridgehead atoms. The first kappa shape index (κ1) is 12.0. The highest BCUT2D eigenvalue weighted by molar-refractivity contribution is 14.1. The van der Waals surface area contributed by atoms with Crippen LogP contribution in [0.1, 0.15) is 0 Å². The van der Waals surface area contributed by atoms with Gasteiger partial charge in [0.2, 0.25) is 5.95 Å². The summed E-state index contributed by atoms with van der Waals surface area (Å²) in [5.74, 6) is 1.21. The van der Waals surface area contributed by atoms with Gasteiger partial charge >= 0.3 is 0 Å². The van der Waals surface area contributed by atoms with Gasteiger partial charge in [-0.1, -0.05) is 0 Å². The average molecular weight is 369 g/mol. The van der Waals surface area contributed by atoms with Crippen LogP contribution in [0, 0.1) is 3.57 Å². The Morgan fingerprint density at radius 3 is 2.47 bits per heavy atom. The van der Waals surface area contributed by atoms with Crippen molar-refractivity contribution in [2.45, 2.75) is 0 Å². The van der Waals surface area contributed by atoms with E-state index in [9.17, 15) is 0 Å². The van der Waals surface area contributed by atoms with Crippen molar-refractivity contribution >= 4 is 28.5 Å². The van der Waals surface area contributed by atoms with Gasteiger partial charge in [0, 0.05) is 13.2 Å². The van der Waals surface area contributed by atoms with Crippen molar-refractivity contribution in [2.24, 2.45) is 0 Å². The van der Waals surface area contributed by atoms with Crippen molar-refractivity contribution in [2.75, 3.05) is 12.4 Å². The normalized spacial score (nSPS) is 10.6. The molecule has 0 saturated carbocycles. The van der Waals surface area contributed by atoms with Gasteiger partial charge in [0.1, 0.15) is 12.7 Å². The summed E-state index contributed by atoms with van der Waals surface area (Å²) in [5, 5.41) is 11.0. The average Bonchev–Trinajstić information content (AvgIpc) is 3.09. The van der Waals surface area contributed by atoms with E-state index in [1.165, 1.54) is 17.3 Å². The summed E-state index contributed by atoms with van der Waals surface area (Å²) in [6, 6.07) is 0. The summed E-state index contributed by atoms with van der Waals surface area (Å²) in [6.45, 7) is 0. The second-order valence-corrected chi connectivity index (χ2v) is 4.70. The van der Waals surface area contributed by atoms with Crippen molar-refractivity contribution in [3.8, 4) is 11.9 Å². The highest BCUT2D eigenvalue weighted by Crippen LogP contribution is 2.09. The van der Waals surface area contributed by atoms with Crippen LogP contribution in [0.4, 0.5) is 5.95 Å². The van der Waals surface area contributed by atoms with Crippen LogP contribution in [-0.2, 0) is 0 Å². The minimum Gasteiger partial charge on any atom is -0.357 e. The fourth-order valence-corrected chi connectivity index (χ4v) is 1.78. The lowest BCUT2D eigenvalue weighted by Gasteiger charge is -2.05. The third-order valence-corrected chi connectivity index (χ3v) is 2.77. The minimum absolute atomic E-state index is 0.373. The molecule has 0 amide bonds. The van der Waals surface area contributed by atoms with Gasteiger partial charge in [0.05, 0.1) is 9.77 Å². The van der Waals surface area contributed by atoms with Crippen LogP contribution in [0.2, 0.25) is 0 Å². The number of aromatic nitrogens is 8. The molecule has 0 radical (unpaired) electrons. The van der Waals surface area contributed by atoms with E-state index in [0.29, 0.717) is 17.8 Å². The van der Waals surface area contributed by atoms with E-state index in [-0.39, 0.29) is 0 Å².